The molecule has 0 spiro atoms. The van der Waals surface area contributed by atoms with Crippen LogP contribution < -0.4 is 5.32 Å². The fourth-order valence-electron chi connectivity index (χ4n) is 2.00. The van der Waals surface area contributed by atoms with E-state index in [0.717, 1.165) is 16.1 Å². The first-order valence-electron chi connectivity index (χ1n) is 7.19. The molecule has 0 bridgehead atoms. The molecular weight excluding hydrogens is 346 g/mol. The molecule has 0 aliphatic carbocycles. The second-order valence-electron chi connectivity index (χ2n) is 5.00. The molecule has 0 aliphatic heterocycles. The highest BCUT2D eigenvalue weighted by Gasteiger charge is 2.09. The van der Waals surface area contributed by atoms with Gasteiger partial charge < -0.3 is 9.73 Å². The minimum Gasteiger partial charge on any atom is -0.420 e. The summed E-state index contributed by atoms with van der Waals surface area (Å²) in [5.41, 5.74) is 1.61. The first-order chi connectivity index (χ1) is 11.6. The minimum atomic E-state index is -0.0870. The third kappa shape index (κ3) is 4.37. The van der Waals surface area contributed by atoms with Crippen molar-refractivity contribution in [2.24, 2.45) is 0 Å². The van der Waals surface area contributed by atoms with Crippen molar-refractivity contribution in [3.05, 3.63) is 59.4 Å². The number of hydrogen-bond acceptors (Lipinski definition) is 5. The van der Waals surface area contributed by atoms with Gasteiger partial charge in [-0.25, -0.2) is 0 Å². The standard InChI is InChI=1S/C17H14ClN3O2S/c1-11(22)19-14-6-8-15(9-7-14)24-10-16-20-21-17(23-16)12-2-4-13(18)5-3-12/h2-9H,10H2,1H3,(H,19,22). The lowest BCUT2D eigenvalue weighted by atomic mass is 10.2. The number of rotatable bonds is 5. The van der Waals surface area contributed by atoms with Gasteiger partial charge in [-0.1, -0.05) is 11.6 Å². The number of amides is 1. The smallest absolute Gasteiger partial charge is 0.247 e. The maximum atomic E-state index is 11.0. The molecule has 1 heterocycles. The van der Waals surface area contributed by atoms with Crippen molar-refractivity contribution in [1.29, 1.82) is 0 Å². The fraction of sp³-hybridized carbons (Fsp3) is 0.118. The summed E-state index contributed by atoms with van der Waals surface area (Å²) in [6.07, 6.45) is 0. The quantitative estimate of drug-likeness (QED) is 0.672. The van der Waals surface area contributed by atoms with Gasteiger partial charge >= 0.3 is 0 Å². The van der Waals surface area contributed by atoms with Crippen molar-refractivity contribution in [3.8, 4) is 11.5 Å². The van der Waals surface area contributed by atoms with E-state index in [2.05, 4.69) is 15.5 Å². The molecule has 3 rings (SSSR count). The van der Waals surface area contributed by atoms with Crippen LogP contribution in [-0.2, 0) is 10.5 Å². The van der Waals surface area contributed by atoms with Crippen LogP contribution in [0.3, 0.4) is 0 Å². The molecule has 0 saturated carbocycles. The third-order valence-electron chi connectivity index (χ3n) is 3.10. The molecule has 3 aromatic rings. The Kier molecular flexibility index (Phi) is 5.17. The monoisotopic (exact) mass is 359 g/mol. The molecule has 7 heteroatoms. The molecule has 0 atom stereocenters. The molecule has 0 aliphatic rings. The second kappa shape index (κ2) is 7.51. The highest BCUT2D eigenvalue weighted by Crippen LogP contribution is 2.26. The van der Waals surface area contributed by atoms with Crippen LogP contribution in [0.25, 0.3) is 11.5 Å². The van der Waals surface area contributed by atoms with Gasteiger partial charge in [0.25, 0.3) is 0 Å². The Hall–Kier alpha value is -2.31. The third-order valence-corrected chi connectivity index (χ3v) is 4.34. The number of thioether (sulfide) groups is 1. The molecule has 0 unspecified atom stereocenters. The van der Waals surface area contributed by atoms with Crippen LogP contribution in [0.1, 0.15) is 12.8 Å². The molecule has 0 fully saturated rings. The van der Waals surface area contributed by atoms with Crippen LogP contribution in [0, 0.1) is 0 Å². The van der Waals surface area contributed by atoms with E-state index in [1.807, 2.05) is 36.4 Å². The number of nitrogens with one attached hydrogen (secondary N) is 1. The second-order valence-corrected chi connectivity index (χ2v) is 6.49. The lowest BCUT2D eigenvalue weighted by Crippen LogP contribution is -2.05. The summed E-state index contributed by atoms with van der Waals surface area (Å²) in [7, 11) is 0. The van der Waals surface area contributed by atoms with Crippen LogP contribution in [-0.4, -0.2) is 16.1 Å². The van der Waals surface area contributed by atoms with Crippen molar-refractivity contribution in [1.82, 2.24) is 10.2 Å². The first-order valence-corrected chi connectivity index (χ1v) is 8.55. The summed E-state index contributed by atoms with van der Waals surface area (Å²) < 4.78 is 5.66. The molecule has 5 nitrogen and oxygen atoms in total. The van der Waals surface area contributed by atoms with Gasteiger partial charge in [0.05, 0.1) is 5.75 Å². The number of halogens is 1. The van der Waals surface area contributed by atoms with Crippen molar-refractivity contribution < 1.29 is 9.21 Å². The van der Waals surface area contributed by atoms with Gasteiger partial charge in [0.2, 0.25) is 17.7 Å². The largest absolute Gasteiger partial charge is 0.420 e. The van der Waals surface area contributed by atoms with Gasteiger partial charge in [0, 0.05) is 28.1 Å². The Labute approximate surface area is 148 Å². The van der Waals surface area contributed by atoms with E-state index < -0.39 is 0 Å². The predicted octanol–water partition coefficient (Wildman–Crippen LogP) is 4.64. The van der Waals surface area contributed by atoms with Gasteiger partial charge in [-0.2, -0.15) is 0 Å². The maximum absolute atomic E-state index is 11.0. The van der Waals surface area contributed by atoms with E-state index in [4.69, 9.17) is 16.0 Å². The van der Waals surface area contributed by atoms with Gasteiger partial charge in [-0.15, -0.1) is 22.0 Å². The van der Waals surface area contributed by atoms with Crippen LogP contribution in [0.2, 0.25) is 5.02 Å². The lowest BCUT2D eigenvalue weighted by Gasteiger charge is -2.03. The summed E-state index contributed by atoms with van der Waals surface area (Å²) in [4.78, 5) is 12.0. The molecule has 122 valence electrons. The van der Waals surface area contributed by atoms with Crippen LogP contribution in [0.4, 0.5) is 5.69 Å². The highest BCUT2D eigenvalue weighted by atomic mass is 35.5. The fourth-order valence-corrected chi connectivity index (χ4v) is 2.87. The first kappa shape index (κ1) is 16.5. The van der Waals surface area contributed by atoms with Gasteiger partial charge in [-0.05, 0) is 48.5 Å². The topological polar surface area (TPSA) is 68.0 Å². The van der Waals surface area contributed by atoms with E-state index in [0.29, 0.717) is 22.6 Å². The molecule has 1 N–H and O–H groups in total. The Morgan fingerprint density at radius 3 is 2.50 bits per heavy atom. The van der Waals surface area contributed by atoms with Crippen molar-refractivity contribution in [3.63, 3.8) is 0 Å². The average molecular weight is 360 g/mol. The number of carbonyl (C=O) groups is 1. The molecule has 1 amide bonds. The van der Waals surface area contributed by atoms with Crippen molar-refractivity contribution >= 4 is 35.0 Å². The molecular formula is C17H14ClN3O2S. The minimum absolute atomic E-state index is 0.0870. The maximum Gasteiger partial charge on any atom is 0.247 e. The molecule has 24 heavy (non-hydrogen) atoms. The Balaban J connectivity index is 1.61. The van der Waals surface area contributed by atoms with E-state index in [9.17, 15) is 4.79 Å². The van der Waals surface area contributed by atoms with E-state index in [1.54, 1.807) is 23.9 Å². The van der Waals surface area contributed by atoms with E-state index in [1.165, 1.54) is 6.92 Å². The summed E-state index contributed by atoms with van der Waals surface area (Å²) in [6, 6.07) is 14.8. The summed E-state index contributed by atoms with van der Waals surface area (Å²) in [5, 5.41) is 11.5. The van der Waals surface area contributed by atoms with Crippen LogP contribution >= 0.6 is 23.4 Å². The van der Waals surface area contributed by atoms with Gasteiger partial charge in [0.1, 0.15) is 0 Å². The molecule has 1 aromatic heterocycles. The van der Waals surface area contributed by atoms with Crippen LogP contribution in [0.5, 0.6) is 0 Å². The summed E-state index contributed by atoms with van der Waals surface area (Å²) in [6.45, 7) is 1.48. The number of aromatic nitrogens is 2. The molecule has 0 saturated heterocycles. The number of hydrogen-bond donors (Lipinski definition) is 1. The Morgan fingerprint density at radius 2 is 1.83 bits per heavy atom. The zero-order chi connectivity index (χ0) is 16.9. The van der Waals surface area contributed by atoms with E-state index in [-0.39, 0.29) is 5.91 Å². The number of nitrogens with zero attached hydrogens (tertiary/aromatic N) is 2. The summed E-state index contributed by atoms with van der Waals surface area (Å²) >= 11 is 7.45. The number of benzene rings is 2. The SMILES string of the molecule is CC(=O)Nc1ccc(SCc2nnc(-c3ccc(Cl)cc3)o2)cc1. The average Bonchev–Trinajstić information content (AvgIpc) is 3.03. The van der Waals surface area contributed by atoms with Crippen molar-refractivity contribution in [2.45, 2.75) is 17.6 Å². The Bertz CT molecular complexity index is 832. The van der Waals surface area contributed by atoms with Crippen molar-refractivity contribution in [2.75, 3.05) is 5.32 Å². The zero-order valence-electron chi connectivity index (χ0n) is 12.8. The molecule has 2 aromatic carbocycles. The zero-order valence-corrected chi connectivity index (χ0v) is 14.4. The van der Waals surface area contributed by atoms with E-state index >= 15 is 0 Å². The normalized spacial score (nSPS) is 10.6. The predicted molar refractivity (Wildman–Crippen MR) is 95.1 cm³/mol. The van der Waals surface area contributed by atoms with Gasteiger partial charge in [0.15, 0.2) is 0 Å². The number of anilines is 1. The summed E-state index contributed by atoms with van der Waals surface area (Å²) in [5.74, 6) is 1.51. The lowest BCUT2D eigenvalue weighted by molar-refractivity contribution is -0.114. The van der Waals surface area contributed by atoms with Gasteiger partial charge in [-0.3, -0.25) is 4.79 Å². The highest BCUT2D eigenvalue weighted by molar-refractivity contribution is 7.98. The molecule has 0 radical (unpaired) electrons. The number of carbonyl (C=O) groups excluding carboxylic acids is 1. The van der Waals surface area contributed by atoms with Crippen LogP contribution in [0.15, 0.2) is 57.8 Å². The Morgan fingerprint density at radius 1 is 1.12 bits per heavy atom.